The highest BCUT2D eigenvalue weighted by Gasteiger charge is 2.29. The van der Waals surface area contributed by atoms with Crippen LogP contribution in [0.15, 0.2) is 33.2 Å². The van der Waals surface area contributed by atoms with Crippen LogP contribution in [0.1, 0.15) is 37.7 Å². The number of hydrogen-bond donors (Lipinski definition) is 1. The van der Waals surface area contributed by atoms with Crippen LogP contribution in [0.5, 0.6) is 0 Å². The third-order valence-corrected chi connectivity index (χ3v) is 5.27. The molecule has 0 amide bonds. The summed E-state index contributed by atoms with van der Waals surface area (Å²) in [4.78, 5) is 0. The first kappa shape index (κ1) is 16.7. The monoisotopic (exact) mass is 414 g/mol. The summed E-state index contributed by atoms with van der Waals surface area (Å²) in [6, 6.07) is 7.79. The molecule has 1 aromatic heterocycles. The first-order valence-electron chi connectivity index (χ1n) is 7.12. The van der Waals surface area contributed by atoms with E-state index < -0.39 is 5.60 Å². The number of benzene rings is 1. The van der Waals surface area contributed by atoms with E-state index in [0.717, 1.165) is 38.9 Å². The smallest absolute Gasteiger partial charge is 0.0934 e. The van der Waals surface area contributed by atoms with E-state index in [1.165, 1.54) is 0 Å². The summed E-state index contributed by atoms with van der Waals surface area (Å²) in [5.74, 6) is 0. The maximum Gasteiger partial charge on any atom is 0.0934 e. The lowest BCUT2D eigenvalue weighted by Crippen LogP contribution is -2.26. The Bertz CT molecular complexity index is 635. The largest absolute Gasteiger partial charge is 0.385 e. The number of aliphatic hydroxyl groups is 1. The highest BCUT2D eigenvalue weighted by Crippen LogP contribution is 2.34. The van der Waals surface area contributed by atoms with Crippen LogP contribution in [0.2, 0.25) is 0 Å². The summed E-state index contributed by atoms with van der Waals surface area (Å²) in [6.07, 6.45) is 1.38. The van der Waals surface area contributed by atoms with Crippen LogP contribution in [0, 0.1) is 0 Å². The molecule has 5 heteroatoms. The summed E-state index contributed by atoms with van der Waals surface area (Å²) in [5.41, 5.74) is 2.00. The van der Waals surface area contributed by atoms with Crippen molar-refractivity contribution >= 4 is 31.9 Å². The zero-order valence-corrected chi connectivity index (χ0v) is 15.7. The number of aryl methyl sites for hydroxylation is 2. The van der Waals surface area contributed by atoms with Crippen molar-refractivity contribution in [1.82, 2.24) is 9.78 Å². The van der Waals surface area contributed by atoms with Gasteiger partial charge in [-0.25, -0.2) is 0 Å². The number of halogens is 2. The summed E-state index contributed by atoms with van der Waals surface area (Å²) in [5, 5.41) is 15.5. The molecule has 0 spiro atoms. The minimum absolute atomic E-state index is 0.511. The fraction of sp³-hybridized carbons (Fsp3) is 0.438. The molecule has 1 unspecified atom stereocenters. The van der Waals surface area contributed by atoms with Crippen molar-refractivity contribution in [3.8, 4) is 0 Å². The zero-order chi connectivity index (χ0) is 15.6. The van der Waals surface area contributed by atoms with Gasteiger partial charge in [-0.2, -0.15) is 5.10 Å². The predicted octanol–water partition coefficient (Wildman–Crippen LogP) is 4.44. The van der Waals surface area contributed by atoms with Gasteiger partial charge in [0.15, 0.2) is 0 Å². The first-order chi connectivity index (χ1) is 9.90. The van der Waals surface area contributed by atoms with Gasteiger partial charge in [-0.05, 0) is 47.8 Å². The molecule has 1 aromatic carbocycles. The van der Waals surface area contributed by atoms with E-state index in [1.54, 1.807) is 0 Å². The molecule has 0 saturated carbocycles. The summed E-state index contributed by atoms with van der Waals surface area (Å²) in [6.45, 7) is 6.79. The van der Waals surface area contributed by atoms with Gasteiger partial charge in [-0.15, -0.1) is 0 Å². The second-order valence-electron chi connectivity index (χ2n) is 5.31. The maximum absolute atomic E-state index is 11.0. The van der Waals surface area contributed by atoms with Gasteiger partial charge in [0.1, 0.15) is 0 Å². The molecular weight excluding hydrogens is 396 g/mol. The van der Waals surface area contributed by atoms with Crippen LogP contribution < -0.4 is 0 Å². The molecule has 0 saturated heterocycles. The standard InChI is InChI=1S/C16H20Br2N2O/c1-4-13-15(18)14(20(5-2)19-13)10-16(3,21)11-8-6-7-9-12(11)17/h6-9,21H,4-5,10H2,1-3H3. The van der Waals surface area contributed by atoms with Crippen LogP contribution in [0.3, 0.4) is 0 Å². The Hall–Kier alpha value is -0.650. The van der Waals surface area contributed by atoms with E-state index in [1.807, 2.05) is 35.9 Å². The Morgan fingerprint density at radius 2 is 1.90 bits per heavy atom. The molecule has 1 N–H and O–H groups in total. The quantitative estimate of drug-likeness (QED) is 0.783. The van der Waals surface area contributed by atoms with Crippen molar-refractivity contribution in [1.29, 1.82) is 0 Å². The van der Waals surface area contributed by atoms with Crippen LogP contribution in [0.25, 0.3) is 0 Å². The Labute approximate surface area is 142 Å². The lowest BCUT2D eigenvalue weighted by Gasteiger charge is -2.25. The van der Waals surface area contributed by atoms with E-state index in [4.69, 9.17) is 0 Å². The van der Waals surface area contributed by atoms with E-state index >= 15 is 0 Å². The molecule has 21 heavy (non-hydrogen) atoms. The SMILES string of the molecule is CCc1nn(CC)c(CC(C)(O)c2ccccc2Br)c1Br. The normalized spacial score (nSPS) is 14.2. The molecule has 2 rings (SSSR count). The Kier molecular flexibility index (Phi) is 5.28. The van der Waals surface area contributed by atoms with Gasteiger partial charge in [-0.3, -0.25) is 4.68 Å². The molecule has 0 aliphatic carbocycles. The fourth-order valence-electron chi connectivity index (χ4n) is 2.51. The zero-order valence-electron chi connectivity index (χ0n) is 12.5. The minimum atomic E-state index is -0.958. The Morgan fingerprint density at radius 3 is 2.48 bits per heavy atom. The van der Waals surface area contributed by atoms with Crippen LogP contribution >= 0.6 is 31.9 Å². The van der Waals surface area contributed by atoms with Crippen molar-refractivity contribution in [3.63, 3.8) is 0 Å². The van der Waals surface area contributed by atoms with Crippen molar-refractivity contribution < 1.29 is 5.11 Å². The van der Waals surface area contributed by atoms with Gasteiger partial charge >= 0.3 is 0 Å². The minimum Gasteiger partial charge on any atom is -0.385 e. The third kappa shape index (κ3) is 3.41. The van der Waals surface area contributed by atoms with Gasteiger partial charge in [0.25, 0.3) is 0 Å². The van der Waals surface area contributed by atoms with Crippen molar-refractivity contribution in [2.75, 3.05) is 0 Å². The number of nitrogens with zero attached hydrogens (tertiary/aromatic N) is 2. The summed E-state index contributed by atoms with van der Waals surface area (Å²) >= 11 is 7.16. The Morgan fingerprint density at radius 1 is 1.24 bits per heavy atom. The highest BCUT2D eigenvalue weighted by atomic mass is 79.9. The topological polar surface area (TPSA) is 38.0 Å². The van der Waals surface area contributed by atoms with Gasteiger partial charge in [-0.1, -0.05) is 41.1 Å². The fourth-order valence-corrected chi connectivity index (χ4v) is 3.92. The third-order valence-electron chi connectivity index (χ3n) is 3.66. The van der Waals surface area contributed by atoms with E-state index in [-0.39, 0.29) is 0 Å². The number of rotatable bonds is 5. The van der Waals surface area contributed by atoms with E-state index in [9.17, 15) is 5.11 Å². The van der Waals surface area contributed by atoms with Crippen molar-refractivity contribution in [3.05, 3.63) is 50.2 Å². The molecule has 1 heterocycles. The molecule has 114 valence electrons. The second-order valence-corrected chi connectivity index (χ2v) is 6.95. The summed E-state index contributed by atoms with van der Waals surface area (Å²) in [7, 11) is 0. The van der Waals surface area contributed by atoms with Crippen LogP contribution in [0.4, 0.5) is 0 Å². The molecule has 0 fully saturated rings. The molecule has 3 nitrogen and oxygen atoms in total. The average molecular weight is 416 g/mol. The summed E-state index contributed by atoms with van der Waals surface area (Å²) < 4.78 is 3.90. The van der Waals surface area contributed by atoms with Gasteiger partial charge in [0.2, 0.25) is 0 Å². The molecule has 0 aliphatic heterocycles. The first-order valence-corrected chi connectivity index (χ1v) is 8.70. The molecule has 0 radical (unpaired) electrons. The molecule has 1 atom stereocenters. The van der Waals surface area contributed by atoms with Crippen molar-refractivity contribution in [2.24, 2.45) is 0 Å². The van der Waals surface area contributed by atoms with E-state index in [2.05, 4.69) is 50.8 Å². The maximum atomic E-state index is 11.0. The van der Waals surface area contributed by atoms with Crippen LogP contribution in [-0.2, 0) is 25.0 Å². The molecule has 2 aromatic rings. The second kappa shape index (κ2) is 6.63. The number of hydrogen-bond acceptors (Lipinski definition) is 2. The van der Waals surface area contributed by atoms with Gasteiger partial charge in [0.05, 0.1) is 21.5 Å². The van der Waals surface area contributed by atoms with Crippen LogP contribution in [-0.4, -0.2) is 14.9 Å². The lowest BCUT2D eigenvalue weighted by atomic mass is 9.91. The molecule has 0 bridgehead atoms. The van der Waals surface area contributed by atoms with Crippen molar-refractivity contribution in [2.45, 2.75) is 45.8 Å². The van der Waals surface area contributed by atoms with Gasteiger partial charge in [0, 0.05) is 17.4 Å². The lowest BCUT2D eigenvalue weighted by molar-refractivity contribution is 0.0545. The average Bonchev–Trinajstić information content (AvgIpc) is 2.75. The Balaban J connectivity index is 2.41. The van der Waals surface area contributed by atoms with Gasteiger partial charge < -0.3 is 5.11 Å². The van der Waals surface area contributed by atoms with E-state index in [0.29, 0.717) is 6.42 Å². The number of aromatic nitrogens is 2. The highest BCUT2D eigenvalue weighted by molar-refractivity contribution is 9.10. The molecular formula is C16H20Br2N2O. The molecule has 0 aliphatic rings. The predicted molar refractivity (Wildman–Crippen MR) is 92.4 cm³/mol.